The minimum absolute atomic E-state index is 0.00749. The van der Waals surface area contributed by atoms with Crippen LogP contribution in [-0.2, 0) is 11.3 Å². The molecule has 1 aromatic heterocycles. The van der Waals surface area contributed by atoms with E-state index in [-0.39, 0.29) is 25.9 Å². The maximum Gasteiger partial charge on any atom is 0.274 e. The van der Waals surface area contributed by atoms with Crippen molar-refractivity contribution < 1.29 is 9.53 Å². The van der Waals surface area contributed by atoms with E-state index in [1.54, 1.807) is 12.0 Å². The Morgan fingerprint density at radius 1 is 1.08 bits per heavy atom. The van der Waals surface area contributed by atoms with Gasteiger partial charge in [0.25, 0.3) is 5.91 Å². The molecule has 4 nitrogen and oxygen atoms in total. The summed E-state index contributed by atoms with van der Waals surface area (Å²) in [6, 6.07) is 9.54. The summed E-state index contributed by atoms with van der Waals surface area (Å²) in [5.41, 5.74) is 0.923. The highest BCUT2D eigenvalue weighted by molar-refractivity contribution is 6.52. The average molecular weight is 408 g/mol. The number of hydrogen-bond donors (Lipinski definition) is 0. The third-order valence-corrected chi connectivity index (χ3v) is 4.93. The fourth-order valence-electron chi connectivity index (χ4n) is 2.04. The smallest absolute Gasteiger partial charge is 0.274 e. The number of nitrogens with zero attached hydrogens (tertiary/aromatic N) is 2. The standard InChI is InChI=1S/C16H14Cl4N2O2/c1-24-8-7-22(9-10-5-3-2-4-6-10)16(23)14-12(18)11(17)13(19)15(20)21-14/h2-6H,7-9H2,1H3. The summed E-state index contributed by atoms with van der Waals surface area (Å²) in [4.78, 5) is 18.4. The predicted octanol–water partition coefficient (Wildman–Crippen LogP) is 4.98. The lowest BCUT2D eigenvalue weighted by molar-refractivity contribution is 0.0675. The van der Waals surface area contributed by atoms with Crippen LogP contribution in [0, 0.1) is 0 Å². The van der Waals surface area contributed by atoms with Crippen molar-refractivity contribution in [2.45, 2.75) is 6.54 Å². The molecule has 0 N–H and O–H groups in total. The van der Waals surface area contributed by atoms with Crippen LogP contribution in [0.2, 0.25) is 20.2 Å². The molecule has 0 atom stereocenters. The zero-order chi connectivity index (χ0) is 17.7. The van der Waals surface area contributed by atoms with Gasteiger partial charge in [-0.1, -0.05) is 76.7 Å². The molecule has 2 rings (SSSR count). The van der Waals surface area contributed by atoms with Gasteiger partial charge < -0.3 is 9.64 Å². The molecule has 24 heavy (non-hydrogen) atoms. The number of aromatic nitrogens is 1. The van der Waals surface area contributed by atoms with Gasteiger partial charge in [-0.25, -0.2) is 4.98 Å². The molecule has 1 heterocycles. The summed E-state index contributed by atoms with van der Waals surface area (Å²) in [5, 5.41) is -0.0631. The van der Waals surface area contributed by atoms with E-state index >= 15 is 0 Å². The van der Waals surface area contributed by atoms with Crippen LogP contribution in [0.3, 0.4) is 0 Å². The topological polar surface area (TPSA) is 42.4 Å². The van der Waals surface area contributed by atoms with Gasteiger partial charge in [-0.3, -0.25) is 4.79 Å². The second-order valence-electron chi connectivity index (χ2n) is 4.90. The molecule has 0 saturated heterocycles. The molecule has 1 amide bonds. The summed E-state index contributed by atoms with van der Waals surface area (Å²) in [6.07, 6.45) is 0. The Kier molecular flexibility index (Phi) is 7.14. The molecule has 0 spiro atoms. The predicted molar refractivity (Wildman–Crippen MR) is 97.3 cm³/mol. The summed E-state index contributed by atoms with van der Waals surface area (Å²) >= 11 is 24.0. The quantitative estimate of drug-likeness (QED) is 0.633. The maximum atomic E-state index is 12.9. The van der Waals surface area contributed by atoms with E-state index in [9.17, 15) is 4.79 Å². The molecule has 0 aliphatic carbocycles. The molecule has 0 unspecified atom stereocenters. The van der Waals surface area contributed by atoms with Crippen molar-refractivity contribution in [3.63, 3.8) is 0 Å². The van der Waals surface area contributed by atoms with Crippen molar-refractivity contribution >= 4 is 52.3 Å². The molecule has 0 aliphatic rings. The van der Waals surface area contributed by atoms with Crippen LogP contribution in [0.15, 0.2) is 30.3 Å². The van der Waals surface area contributed by atoms with Crippen LogP contribution in [0.25, 0.3) is 0 Å². The van der Waals surface area contributed by atoms with E-state index in [0.717, 1.165) is 5.56 Å². The van der Waals surface area contributed by atoms with E-state index in [1.165, 1.54) is 0 Å². The Balaban J connectivity index is 2.34. The van der Waals surface area contributed by atoms with Crippen molar-refractivity contribution in [1.82, 2.24) is 9.88 Å². The van der Waals surface area contributed by atoms with E-state index < -0.39 is 5.91 Å². The lowest BCUT2D eigenvalue weighted by atomic mass is 10.2. The highest BCUT2D eigenvalue weighted by Crippen LogP contribution is 2.36. The summed E-state index contributed by atoms with van der Waals surface area (Å²) < 4.78 is 5.07. The highest BCUT2D eigenvalue weighted by Gasteiger charge is 2.24. The number of carbonyl (C=O) groups excluding carboxylic acids is 1. The molecule has 1 aromatic carbocycles. The molecule has 0 radical (unpaired) electrons. The van der Waals surface area contributed by atoms with Crippen molar-refractivity contribution in [3.05, 3.63) is 61.8 Å². The summed E-state index contributed by atoms with van der Waals surface area (Å²) in [5.74, 6) is -0.402. The number of benzene rings is 1. The highest BCUT2D eigenvalue weighted by atomic mass is 35.5. The molecule has 0 bridgehead atoms. The summed E-state index contributed by atoms with van der Waals surface area (Å²) in [7, 11) is 1.56. The number of hydrogen-bond acceptors (Lipinski definition) is 3. The first kappa shape index (κ1) is 19.3. The molecule has 2 aromatic rings. The van der Waals surface area contributed by atoms with Gasteiger partial charge in [-0.05, 0) is 5.56 Å². The third kappa shape index (κ3) is 4.52. The second kappa shape index (κ2) is 8.88. The average Bonchev–Trinajstić information content (AvgIpc) is 2.60. The van der Waals surface area contributed by atoms with E-state index in [1.807, 2.05) is 30.3 Å². The van der Waals surface area contributed by atoms with Gasteiger partial charge in [0.1, 0.15) is 10.8 Å². The van der Waals surface area contributed by atoms with Crippen LogP contribution in [0.5, 0.6) is 0 Å². The Morgan fingerprint density at radius 3 is 2.38 bits per heavy atom. The zero-order valence-corrected chi connectivity index (χ0v) is 15.8. The molecule has 0 aliphatic heterocycles. The van der Waals surface area contributed by atoms with Crippen molar-refractivity contribution in [3.8, 4) is 0 Å². The SMILES string of the molecule is COCCN(Cc1ccccc1)C(=O)c1nc(Cl)c(Cl)c(Cl)c1Cl. The molecule has 0 fully saturated rings. The van der Waals surface area contributed by atoms with Gasteiger partial charge in [-0.15, -0.1) is 0 Å². The Labute approximate surface area is 160 Å². The van der Waals surface area contributed by atoms with Gasteiger partial charge in [0, 0.05) is 20.2 Å². The van der Waals surface area contributed by atoms with Gasteiger partial charge in [-0.2, -0.15) is 0 Å². The largest absolute Gasteiger partial charge is 0.383 e. The third-order valence-electron chi connectivity index (χ3n) is 3.26. The van der Waals surface area contributed by atoms with Crippen molar-refractivity contribution in [2.75, 3.05) is 20.3 Å². The van der Waals surface area contributed by atoms with Crippen LogP contribution in [-0.4, -0.2) is 36.1 Å². The number of rotatable bonds is 6. The second-order valence-corrected chi connectivity index (χ2v) is 6.39. The number of methoxy groups -OCH3 is 1. The van der Waals surface area contributed by atoms with Gasteiger partial charge in [0.2, 0.25) is 0 Å². The van der Waals surface area contributed by atoms with Gasteiger partial charge in [0.05, 0.1) is 21.7 Å². The Hall–Kier alpha value is -1.04. The van der Waals surface area contributed by atoms with Gasteiger partial charge in [0.15, 0.2) is 0 Å². The fraction of sp³-hybridized carbons (Fsp3) is 0.250. The van der Waals surface area contributed by atoms with Crippen molar-refractivity contribution in [1.29, 1.82) is 0 Å². The van der Waals surface area contributed by atoms with Crippen molar-refractivity contribution in [2.24, 2.45) is 0 Å². The maximum absolute atomic E-state index is 12.9. The van der Waals surface area contributed by atoms with E-state index in [4.69, 9.17) is 51.1 Å². The first-order chi connectivity index (χ1) is 11.5. The number of pyridine rings is 1. The first-order valence-corrected chi connectivity index (χ1v) is 8.49. The number of carbonyl (C=O) groups is 1. The molecular formula is C16H14Cl4N2O2. The first-order valence-electron chi connectivity index (χ1n) is 6.97. The van der Waals surface area contributed by atoms with E-state index in [2.05, 4.69) is 4.98 Å². The van der Waals surface area contributed by atoms with Crippen LogP contribution in [0.1, 0.15) is 16.1 Å². The number of halogens is 4. The van der Waals surface area contributed by atoms with E-state index in [0.29, 0.717) is 19.7 Å². The van der Waals surface area contributed by atoms with Gasteiger partial charge >= 0.3 is 0 Å². The molecule has 0 saturated carbocycles. The molecule has 8 heteroatoms. The molecule has 128 valence electrons. The fourth-order valence-corrected chi connectivity index (χ4v) is 2.85. The minimum atomic E-state index is -0.402. The Morgan fingerprint density at radius 2 is 1.75 bits per heavy atom. The monoisotopic (exact) mass is 406 g/mol. The summed E-state index contributed by atoms with van der Waals surface area (Å²) in [6.45, 7) is 1.10. The number of amides is 1. The Bertz CT molecular complexity index is 726. The van der Waals surface area contributed by atoms with Crippen LogP contribution >= 0.6 is 46.4 Å². The number of ether oxygens (including phenoxy) is 1. The lowest BCUT2D eigenvalue weighted by Crippen LogP contribution is -2.34. The normalized spacial score (nSPS) is 10.7. The lowest BCUT2D eigenvalue weighted by Gasteiger charge is -2.23. The minimum Gasteiger partial charge on any atom is -0.383 e. The molecular weight excluding hydrogens is 394 g/mol. The zero-order valence-electron chi connectivity index (χ0n) is 12.7. The van der Waals surface area contributed by atoms with Crippen LogP contribution in [0.4, 0.5) is 0 Å². The van der Waals surface area contributed by atoms with Crippen LogP contribution < -0.4 is 0 Å².